The van der Waals surface area contributed by atoms with E-state index < -0.39 is 0 Å². The van der Waals surface area contributed by atoms with Crippen LogP contribution in [0.25, 0.3) is 0 Å². The van der Waals surface area contributed by atoms with Gasteiger partial charge in [-0.1, -0.05) is 0 Å². The number of ether oxygens (including phenoxy) is 1. The van der Waals surface area contributed by atoms with Crippen molar-refractivity contribution in [1.82, 2.24) is 0 Å². The van der Waals surface area contributed by atoms with Gasteiger partial charge in [0.25, 0.3) is 0 Å². The minimum absolute atomic E-state index is 0.396. The van der Waals surface area contributed by atoms with Crippen LogP contribution in [0.15, 0.2) is 9.85 Å². The Morgan fingerprint density at radius 3 is 2.90 bits per heavy atom. The van der Waals surface area contributed by atoms with Crippen molar-refractivity contribution in [3.05, 3.63) is 20.3 Å². The van der Waals surface area contributed by atoms with E-state index in [1.807, 2.05) is 0 Å². The molecule has 2 rings (SSSR count). The molecule has 1 aliphatic rings. The summed E-state index contributed by atoms with van der Waals surface area (Å²) in [6, 6.07) is 0. The van der Waals surface area contributed by atoms with Crippen LogP contribution >= 0.6 is 27.3 Å². The van der Waals surface area contributed by atoms with Crippen LogP contribution in [0, 0.1) is 6.92 Å². The molecule has 0 aliphatic carbocycles. The maximum Gasteiger partial charge on any atom is 0.116 e. The van der Waals surface area contributed by atoms with Crippen LogP contribution in [-0.2, 0) is 4.74 Å². The van der Waals surface area contributed by atoms with E-state index in [1.165, 1.54) is 14.9 Å². The van der Waals surface area contributed by atoms with Gasteiger partial charge in [0.2, 0.25) is 0 Å². The molecule has 0 saturated carbocycles. The highest BCUT2D eigenvalue weighted by atomic mass is 79.9. The summed E-state index contributed by atoms with van der Waals surface area (Å²) in [6.45, 7) is 3.00. The molecule has 1 aromatic rings. The topological polar surface area (TPSA) is 12.5 Å². The first kappa shape index (κ1) is 6.83. The van der Waals surface area contributed by atoms with Crippen molar-refractivity contribution in [2.45, 2.75) is 13.0 Å². The Morgan fingerprint density at radius 2 is 2.50 bits per heavy atom. The second-order valence-electron chi connectivity index (χ2n) is 2.42. The summed E-state index contributed by atoms with van der Waals surface area (Å²) in [6.07, 6.45) is 0.396. The number of aryl methyl sites for hydroxylation is 1. The van der Waals surface area contributed by atoms with Gasteiger partial charge in [-0.2, -0.15) is 0 Å². The lowest BCUT2D eigenvalue weighted by Gasteiger charge is -1.89. The lowest BCUT2D eigenvalue weighted by Crippen LogP contribution is -1.73. The van der Waals surface area contributed by atoms with Crippen LogP contribution in [0.5, 0.6) is 0 Å². The van der Waals surface area contributed by atoms with Crippen LogP contribution in [0.3, 0.4) is 0 Å². The lowest BCUT2D eigenvalue weighted by atomic mass is 10.3. The van der Waals surface area contributed by atoms with E-state index in [1.54, 1.807) is 11.3 Å². The summed E-state index contributed by atoms with van der Waals surface area (Å²) in [4.78, 5) is 1.34. The highest BCUT2D eigenvalue weighted by molar-refractivity contribution is 9.10. The molecule has 0 N–H and O–H groups in total. The maximum atomic E-state index is 5.17. The molecule has 1 atom stereocenters. The molecule has 0 radical (unpaired) electrons. The Kier molecular flexibility index (Phi) is 1.59. The smallest absolute Gasteiger partial charge is 0.116 e. The van der Waals surface area contributed by atoms with Crippen molar-refractivity contribution >= 4 is 27.3 Å². The van der Waals surface area contributed by atoms with Gasteiger partial charge in [-0.3, -0.25) is 0 Å². The Hall–Kier alpha value is 0.140. The lowest BCUT2D eigenvalue weighted by molar-refractivity contribution is 0.418. The SMILES string of the molecule is Cc1csc([C@H]2CO2)c1Br. The van der Waals surface area contributed by atoms with Gasteiger partial charge in [-0.15, -0.1) is 11.3 Å². The second-order valence-corrected chi connectivity index (χ2v) is 4.12. The highest BCUT2D eigenvalue weighted by Crippen LogP contribution is 2.40. The molecule has 0 aromatic carbocycles. The average molecular weight is 219 g/mol. The van der Waals surface area contributed by atoms with E-state index in [9.17, 15) is 0 Å². The minimum atomic E-state index is 0.396. The molecule has 1 saturated heterocycles. The maximum absolute atomic E-state index is 5.17. The number of rotatable bonds is 1. The van der Waals surface area contributed by atoms with Gasteiger partial charge in [0, 0.05) is 4.47 Å². The van der Waals surface area contributed by atoms with Gasteiger partial charge in [0.05, 0.1) is 11.5 Å². The molecule has 1 aliphatic heterocycles. The number of epoxide rings is 1. The predicted octanol–water partition coefficient (Wildman–Crippen LogP) is 2.89. The molecule has 0 bridgehead atoms. The van der Waals surface area contributed by atoms with Gasteiger partial charge in [-0.25, -0.2) is 0 Å². The molecule has 10 heavy (non-hydrogen) atoms. The van der Waals surface area contributed by atoms with E-state index in [2.05, 4.69) is 28.2 Å². The van der Waals surface area contributed by atoms with Crippen LogP contribution in [0.1, 0.15) is 16.5 Å². The highest BCUT2D eigenvalue weighted by Gasteiger charge is 2.28. The standard InChI is InChI=1S/C7H7BrOS/c1-4-3-10-7(6(4)8)5-2-9-5/h3,5H,2H2,1H3/t5-/m1/s1. The number of hydrogen-bond acceptors (Lipinski definition) is 2. The predicted molar refractivity (Wildman–Crippen MR) is 45.4 cm³/mol. The van der Waals surface area contributed by atoms with Crippen molar-refractivity contribution in [3.8, 4) is 0 Å². The molecule has 54 valence electrons. The van der Waals surface area contributed by atoms with Crippen molar-refractivity contribution < 1.29 is 4.74 Å². The molecule has 0 amide bonds. The molecule has 2 heterocycles. The van der Waals surface area contributed by atoms with Gasteiger partial charge in [-0.05, 0) is 33.8 Å². The van der Waals surface area contributed by atoms with E-state index in [0.29, 0.717) is 6.10 Å². The largest absolute Gasteiger partial charge is 0.367 e. The van der Waals surface area contributed by atoms with Gasteiger partial charge >= 0.3 is 0 Å². The summed E-state index contributed by atoms with van der Waals surface area (Å²) >= 11 is 5.30. The summed E-state index contributed by atoms with van der Waals surface area (Å²) in [5, 5.41) is 2.15. The van der Waals surface area contributed by atoms with Crippen molar-refractivity contribution in [3.63, 3.8) is 0 Å². The monoisotopic (exact) mass is 218 g/mol. The van der Waals surface area contributed by atoms with E-state index in [-0.39, 0.29) is 0 Å². The first-order valence-electron chi connectivity index (χ1n) is 3.14. The summed E-state index contributed by atoms with van der Waals surface area (Å²) in [5.41, 5.74) is 1.32. The molecule has 1 fully saturated rings. The van der Waals surface area contributed by atoms with Crippen molar-refractivity contribution in [1.29, 1.82) is 0 Å². The van der Waals surface area contributed by atoms with Crippen molar-refractivity contribution in [2.75, 3.05) is 6.61 Å². The Bertz CT molecular complexity index is 252. The normalized spacial score (nSPS) is 23.2. The molecular formula is C7H7BrOS. The molecule has 3 heteroatoms. The molecule has 0 unspecified atom stereocenters. The molecule has 0 spiro atoms. The quantitative estimate of drug-likeness (QED) is 0.661. The number of thiophene rings is 1. The third-order valence-corrected chi connectivity index (χ3v) is 4.06. The first-order valence-corrected chi connectivity index (χ1v) is 4.81. The van der Waals surface area contributed by atoms with E-state index in [4.69, 9.17) is 4.74 Å². The zero-order valence-corrected chi connectivity index (χ0v) is 7.96. The Morgan fingerprint density at radius 1 is 1.80 bits per heavy atom. The second kappa shape index (κ2) is 2.32. The third kappa shape index (κ3) is 1.02. The van der Waals surface area contributed by atoms with Crippen LogP contribution in [0.4, 0.5) is 0 Å². The van der Waals surface area contributed by atoms with Crippen molar-refractivity contribution in [2.24, 2.45) is 0 Å². The van der Waals surface area contributed by atoms with Crippen LogP contribution in [0.2, 0.25) is 0 Å². The summed E-state index contributed by atoms with van der Waals surface area (Å²) < 4.78 is 6.41. The third-order valence-electron chi connectivity index (χ3n) is 1.55. The van der Waals surface area contributed by atoms with E-state index in [0.717, 1.165) is 6.61 Å². The van der Waals surface area contributed by atoms with Gasteiger partial charge in [0.1, 0.15) is 6.10 Å². The fraction of sp³-hybridized carbons (Fsp3) is 0.429. The average Bonchev–Trinajstić information content (AvgIpc) is 2.67. The fourth-order valence-corrected chi connectivity index (χ4v) is 2.64. The van der Waals surface area contributed by atoms with Crippen LogP contribution < -0.4 is 0 Å². The Balaban J connectivity index is 2.40. The fourth-order valence-electron chi connectivity index (χ4n) is 0.866. The number of halogens is 1. The molecule has 1 aromatic heterocycles. The molecule has 1 nitrogen and oxygen atoms in total. The van der Waals surface area contributed by atoms with E-state index >= 15 is 0 Å². The minimum Gasteiger partial charge on any atom is -0.367 e. The summed E-state index contributed by atoms with van der Waals surface area (Å²) in [7, 11) is 0. The molecular weight excluding hydrogens is 212 g/mol. The summed E-state index contributed by atoms with van der Waals surface area (Å²) in [5.74, 6) is 0. The Labute approximate surface area is 72.1 Å². The number of hydrogen-bond donors (Lipinski definition) is 0. The zero-order chi connectivity index (χ0) is 7.14. The first-order chi connectivity index (χ1) is 4.79. The zero-order valence-electron chi connectivity index (χ0n) is 5.56. The van der Waals surface area contributed by atoms with Gasteiger partial charge < -0.3 is 4.74 Å². The van der Waals surface area contributed by atoms with Crippen LogP contribution in [-0.4, -0.2) is 6.61 Å². The van der Waals surface area contributed by atoms with Gasteiger partial charge in [0.15, 0.2) is 0 Å².